The molecule has 1 unspecified atom stereocenters. The molecule has 18 heavy (non-hydrogen) atoms. The van der Waals surface area contributed by atoms with E-state index in [0.717, 1.165) is 11.3 Å². The number of methoxy groups -OCH3 is 1. The van der Waals surface area contributed by atoms with Crippen molar-refractivity contribution in [3.8, 4) is 5.75 Å². The van der Waals surface area contributed by atoms with E-state index >= 15 is 0 Å². The maximum Gasteiger partial charge on any atom is 0.220 e. The van der Waals surface area contributed by atoms with Gasteiger partial charge in [-0.25, -0.2) is 0 Å². The normalized spacial score (nSPS) is 13.8. The van der Waals surface area contributed by atoms with Crippen LogP contribution in [0.15, 0.2) is 24.3 Å². The highest BCUT2D eigenvalue weighted by molar-refractivity contribution is 5.76. The lowest BCUT2D eigenvalue weighted by Crippen LogP contribution is -2.27. The molecule has 4 heteroatoms. The highest BCUT2D eigenvalue weighted by Crippen LogP contribution is 2.18. The third kappa shape index (κ3) is 4.75. The Morgan fingerprint density at radius 3 is 2.78 bits per heavy atom. The molecule has 0 spiro atoms. The van der Waals surface area contributed by atoms with E-state index in [1.165, 1.54) is 0 Å². The SMILES string of the molecule is COc1cccc([C@H](C)NC(=O)CCC(C)O)c1. The summed E-state index contributed by atoms with van der Waals surface area (Å²) in [5.74, 6) is 0.726. The fourth-order valence-electron chi connectivity index (χ4n) is 1.65. The number of carbonyl (C=O) groups is 1. The first kappa shape index (κ1) is 14.5. The summed E-state index contributed by atoms with van der Waals surface area (Å²) in [6, 6.07) is 7.54. The minimum Gasteiger partial charge on any atom is -0.497 e. The summed E-state index contributed by atoms with van der Waals surface area (Å²) in [5.41, 5.74) is 1.000. The van der Waals surface area contributed by atoms with E-state index in [9.17, 15) is 4.79 Å². The second kappa shape index (κ2) is 7.01. The Balaban J connectivity index is 2.53. The summed E-state index contributed by atoms with van der Waals surface area (Å²) in [6.07, 6.45) is 0.380. The Morgan fingerprint density at radius 1 is 1.44 bits per heavy atom. The molecule has 0 aromatic heterocycles. The van der Waals surface area contributed by atoms with Crippen molar-refractivity contribution in [2.75, 3.05) is 7.11 Å². The molecule has 2 atom stereocenters. The van der Waals surface area contributed by atoms with Gasteiger partial charge in [0.05, 0.1) is 19.3 Å². The Hall–Kier alpha value is -1.55. The number of aliphatic hydroxyl groups is 1. The molecule has 0 aliphatic rings. The van der Waals surface area contributed by atoms with Gasteiger partial charge in [-0.05, 0) is 38.0 Å². The number of benzene rings is 1. The van der Waals surface area contributed by atoms with E-state index in [2.05, 4.69) is 5.32 Å². The molecule has 0 saturated carbocycles. The quantitative estimate of drug-likeness (QED) is 0.813. The number of nitrogens with one attached hydrogen (secondary N) is 1. The molecule has 1 amide bonds. The van der Waals surface area contributed by atoms with E-state index in [1.807, 2.05) is 31.2 Å². The van der Waals surface area contributed by atoms with E-state index in [-0.39, 0.29) is 11.9 Å². The maximum absolute atomic E-state index is 11.6. The molecule has 0 heterocycles. The van der Waals surface area contributed by atoms with Gasteiger partial charge in [-0.3, -0.25) is 4.79 Å². The second-order valence-corrected chi connectivity index (χ2v) is 4.45. The van der Waals surface area contributed by atoms with E-state index < -0.39 is 6.10 Å². The fraction of sp³-hybridized carbons (Fsp3) is 0.500. The van der Waals surface area contributed by atoms with Gasteiger partial charge in [0.1, 0.15) is 5.75 Å². The molecule has 0 saturated heterocycles. The van der Waals surface area contributed by atoms with Crippen LogP contribution >= 0.6 is 0 Å². The first-order chi connectivity index (χ1) is 8.52. The molecule has 0 bridgehead atoms. The summed E-state index contributed by atoms with van der Waals surface area (Å²) in [5, 5.41) is 12.0. The topological polar surface area (TPSA) is 58.6 Å². The van der Waals surface area contributed by atoms with Crippen molar-refractivity contribution >= 4 is 5.91 Å². The summed E-state index contributed by atoms with van der Waals surface area (Å²) < 4.78 is 5.14. The van der Waals surface area contributed by atoms with Crippen LogP contribution in [0, 0.1) is 0 Å². The summed E-state index contributed by atoms with van der Waals surface area (Å²) in [4.78, 5) is 11.6. The highest BCUT2D eigenvalue weighted by atomic mass is 16.5. The largest absolute Gasteiger partial charge is 0.497 e. The van der Waals surface area contributed by atoms with Gasteiger partial charge in [-0.2, -0.15) is 0 Å². The van der Waals surface area contributed by atoms with Crippen LogP contribution in [0.5, 0.6) is 5.75 Å². The molecule has 0 aliphatic heterocycles. The van der Waals surface area contributed by atoms with Gasteiger partial charge >= 0.3 is 0 Å². The molecule has 0 aliphatic carbocycles. The Morgan fingerprint density at radius 2 is 2.17 bits per heavy atom. The minimum absolute atomic E-state index is 0.0498. The molecule has 100 valence electrons. The smallest absolute Gasteiger partial charge is 0.220 e. The van der Waals surface area contributed by atoms with Crippen molar-refractivity contribution in [3.05, 3.63) is 29.8 Å². The van der Waals surface area contributed by atoms with E-state index in [0.29, 0.717) is 12.8 Å². The Kier molecular flexibility index (Phi) is 5.65. The fourth-order valence-corrected chi connectivity index (χ4v) is 1.65. The molecule has 1 rings (SSSR count). The number of aliphatic hydroxyl groups excluding tert-OH is 1. The molecule has 4 nitrogen and oxygen atoms in total. The number of rotatable bonds is 6. The van der Waals surface area contributed by atoms with Crippen LogP contribution in [0.4, 0.5) is 0 Å². The van der Waals surface area contributed by atoms with Gasteiger partial charge in [-0.1, -0.05) is 12.1 Å². The van der Waals surface area contributed by atoms with Crippen LogP contribution in [0.1, 0.15) is 38.3 Å². The first-order valence-corrected chi connectivity index (χ1v) is 6.14. The van der Waals surface area contributed by atoms with Gasteiger partial charge in [0.2, 0.25) is 5.91 Å². The number of amides is 1. The number of hydrogen-bond donors (Lipinski definition) is 2. The number of carbonyl (C=O) groups excluding carboxylic acids is 1. The molecule has 0 radical (unpaired) electrons. The van der Waals surface area contributed by atoms with Gasteiger partial charge in [0.15, 0.2) is 0 Å². The zero-order valence-corrected chi connectivity index (χ0v) is 11.1. The van der Waals surface area contributed by atoms with Crippen LogP contribution in [0.25, 0.3) is 0 Å². The van der Waals surface area contributed by atoms with Crippen molar-refractivity contribution in [1.82, 2.24) is 5.32 Å². The van der Waals surface area contributed by atoms with E-state index in [1.54, 1.807) is 14.0 Å². The van der Waals surface area contributed by atoms with Crippen molar-refractivity contribution < 1.29 is 14.6 Å². The summed E-state index contributed by atoms with van der Waals surface area (Å²) in [7, 11) is 1.62. The average molecular weight is 251 g/mol. The molecule has 1 aromatic carbocycles. The summed E-state index contributed by atoms with van der Waals surface area (Å²) in [6.45, 7) is 3.60. The molecule has 0 fully saturated rings. The van der Waals surface area contributed by atoms with Gasteiger partial charge in [-0.15, -0.1) is 0 Å². The molecular formula is C14H21NO3. The lowest BCUT2D eigenvalue weighted by molar-refractivity contribution is -0.122. The van der Waals surface area contributed by atoms with Crippen LogP contribution in [0.3, 0.4) is 0 Å². The van der Waals surface area contributed by atoms with Crippen LogP contribution in [-0.4, -0.2) is 24.2 Å². The van der Waals surface area contributed by atoms with Gasteiger partial charge in [0.25, 0.3) is 0 Å². The predicted molar refractivity (Wildman–Crippen MR) is 70.5 cm³/mol. The minimum atomic E-state index is -0.442. The van der Waals surface area contributed by atoms with Crippen LogP contribution in [-0.2, 0) is 4.79 Å². The lowest BCUT2D eigenvalue weighted by atomic mass is 10.1. The number of hydrogen-bond acceptors (Lipinski definition) is 3. The average Bonchev–Trinajstić information content (AvgIpc) is 2.36. The summed E-state index contributed by atoms with van der Waals surface area (Å²) >= 11 is 0. The predicted octanol–water partition coefficient (Wildman–Crippen LogP) is 2.03. The monoisotopic (exact) mass is 251 g/mol. The molecule has 2 N–H and O–H groups in total. The first-order valence-electron chi connectivity index (χ1n) is 6.14. The van der Waals surface area contributed by atoms with Crippen LogP contribution in [0.2, 0.25) is 0 Å². The Labute approximate surface area is 108 Å². The van der Waals surface area contributed by atoms with Crippen molar-refractivity contribution in [3.63, 3.8) is 0 Å². The standard InChI is InChI=1S/C14H21NO3/c1-10(16)7-8-14(17)15-11(2)12-5-4-6-13(9-12)18-3/h4-6,9-11,16H,7-8H2,1-3H3,(H,15,17)/t10?,11-/m0/s1. The number of ether oxygens (including phenoxy) is 1. The van der Waals surface area contributed by atoms with Crippen molar-refractivity contribution in [2.24, 2.45) is 0 Å². The zero-order chi connectivity index (χ0) is 13.5. The highest BCUT2D eigenvalue weighted by Gasteiger charge is 2.10. The van der Waals surface area contributed by atoms with Gasteiger partial charge in [0, 0.05) is 6.42 Å². The lowest BCUT2D eigenvalue weighted by Gasteiger charge is -2.15. The molecular weight excluding hydrogens is 230 g/mol. The molecule has 1 aromatic rings. The Bertz CT molecular complexity index is 390. The third-order valence-electron chi connectivity index (χ3n) is 2.76. The zero-order valence-electron chi connectivity index (χ0n) is 11.1. The second-order valence-electron chi connectivity index (χ2n) is 4.45. The van der Waals surface area contributed by atoms with E-state index in [4.69, 9.17) is 9.84 Å². The van der Waals surface area contributed by atoms with Crippen molar-refractivity contribution in [1.29, 1.82) is 0 Å². The third-order valence-corrected chi connectivity index (χ3v) is 2.76. The maximum atomic E-state index is 11.6. The van der Waals surface area contributed by atoms with Gasteiger partial charge < -0.3 is 15.2 Å². The van der Waals surface area contributed by atoms with Crippen molar-refractivity contribution in [2.45, 2.75) is 38.8 Å². The van der Waals surface area contributed by atoms with Crippen LogP contribution < -0.4 is 10.1 Å².